The summed E-state index contributed by atoms with van der Waals surface area (Å²) in [4.78, 5) is 12.6. The van der Waals surface area contributed by atoms with Gasteiger partial charge in [0.25, 0.3) is 6.72 Å². The molecule has 0 fully saturated rings. The highest BCUT2D eigenvalue weighted by Gasteiger charge is 2.42. The van der Waals surface area contributed by atoms with Gasteiger partial charge in [-0.1, -0.05) is 0 Å². The molecule has 0 aliphatic carbocycles. The first-order chi connectivity index (χ1) is 8.35. The zero-order chi connectivity index (χ0) is 13.5. The summed E-state index contributed by atoms with van der Waals surface area (Å²) in [6.45, 7) is 4.12. The molecule has 1 aromatic heterocycles. The van der Waals surface area contributed by atoms with Gasteiger partial charge < -0.3 is 4.90 Å². The Morgan fingerprint density at radius 1 is 1.61 bits per heavy atom. The van der Waals surface area contributed by atoms with Crippen LogP contribution in [0.4, 0.5) is 8.78 Å². The van der Waals surface area contributed by atoms with Crippen molar-refractivity contribution in [3.63, 3.8) is 0 Å². The monoisotopic (exact) mass is 255 g/mol. The quantitative estimate of drug-likeness (QED) is 0.525. The highest BCUT2D eigenvalue weighted by molar-refractivity contribution is 5.96. The van der Waals surface area contributed by atoms with Crippen LogP contribution in [0, 0.1) is 0 Å². The van der Waals surface area contributed by atoms with E-state index < -0.39 is 18.4 Å². The third-order valence-electron chi connectivity index (χ3n) is 2.91. The normalized spacial score (nSPS) is 18.0. The van der Waals surface area contributed by atoms with Gasteiger partial charge in [-0.2, -0.15) is 13.9 Å². The number of amides is 1. The molecule has 0 saturated carbocycles. The minimum absolute atomic E-state index is 0.189. The maximum absolute atomic E-state index is 14.0. The van der Waals surface area contributed by atoms with Crippen molar-refractivity contribution in [3.8, 4) is 0 Å². The van der Waals surface area contributed by atoms with E-state index in [2.05, 4.69) is 16.5 Å². The number of carbonyl (C=O) groups excluding carboxylic acids is 1. The van der Waals surface area contributed by atoms with Gasteiger partial charge in [-0.25, -0.2) is 0 Å². The van der Waals surface area contributed by atoms with E-state index in [1.165, 1.54) is 13.1 Å². The largest absolute Gasteiger partial charge is 0.338 e. The second-order valence-electron chi connectivity index (χ2n) is 4.27. The molecule has 7 heteroatoms. The molecule has 0 unspecified atom stereocenters. The van der Waals surface area contributed by atoms with Crippen LogP contribution in [0.25, 0.3) is 0 Å². The van der Waals surface area contributed by atoms with Gasteiger partial charge in [0, 0.05) is 20.0 Å². The summed E-state index contributed by atoms with van der Waals surface area (Å²) >= 11 is 0. The Hall–Kier alpha value is -2.01. The molecule has 5 nitrogen and oxygen atoms in total. The van der Waals surface area contributed by atoms with Crippen LogP contribution in [0.5, 0.6) is 0 Å². The van der Waals surface area contributed by atoms with Gasteiger partial charge >= 0.3 is 11.6 Å². The van der Waals surface area contributed by atoms with Gasteiger partial charge in [-0.3, -0.25) is 9.48 Å². The molecule has 0 atom stereocenters. The van der Waals surface area contributed by atoms with Crippen molar-refractivity contribution >= 4 is 18.3 Å². The van der Waals surface area contributed by atoms with Gasteiger partial charge in [-0.15, -0.1) is 4.67 Å². The Labute approximate surface area is 102 Å². The molecule has 2 heterocycles. The summed E-state index contributed by atoms with van der Waals surface area (Å²) in [7, 11) is 1.35. The molecule has 18 heavy (non-hydrogen) atoms. The number of rotatable bonds is 1. The zero-order valence-electron chi connectivity index (χ0n) is 10.2. The fourth-order valence-corrected chi connectivity index (χ4v) is 1.81. The van der Waals surface area contributed by atoms with E-state index in [-0.39, 0.29) is 12.2 Å². The van der Waals surface area contributed by atoms with Crippen LogP contribution in [0.1, 0.15) is 18.3 Å². The average Bonchev–Trinajstić information content (AvgIpc) is 2.68. The molecule has 0 aromatic carbocycles. The van der Waals surface area contributed by atoms with Crippen LogP contribution in [-0.2, 0) is 17.3 Å². The maximum Gasteiger partial charge on any atom is 0.327 e. The summed E-state index contributed by atoms with van der Waals surface area (Å²) in [5, 5.41) is 3.98. The van der Waals surface area contributed by atoms with Crippen LogP contribution in [0.15, 0.2) is 6.07 Å². The Morgan fingerprint density at radius 3 is 2.89 bits per heavy atom. The molecule has 0 spiro atoms. The van der Waals surface area contributed by atoms with Crippen molar-refractivity contribution in [2.45, 2.75) is 19.4 Å². The van der Waals surface area contributed by atoms with Crippen LogP contribution in [0.3, 0.4) is 0 Å². The molecular formula is C11H13F2N4O+. The first-order valence-corrected chi connectivity index (χ1v) is 5.36. The minimum Gasteiger partial charge on any atom is -0.338 e. The van der Waals surface area contributed by atoms with Crippen molar-refractivity contribution in [2.24, 2.45) is 0 Å². The Bertz CT molecular complexity index is 557. The summed E-state index contributed by atoms with van der Waals surface area (Å²) in [6, 6.07) is 1.26. The Kier molecular flexibility index (Phi) is 2.78. The summed E-state index contributed by atoms with van der Waals surface area (Å²) in [5.74, 6) is -3.51. The molecule has 1 aliphatic heterocycles. The Morgan fingerprint density at radius 2 is 2.28 bits per heavy atom. The van der Waals surface area contributed by atoms with Crippen LogP contribution < -0.4 is 4.67 Å². The molecule has 1 aliphatic rings. The van der Waals surface area contributed by atoms with Gasteiger partial charge in [0.15, 0.2) is 5.69 Å². The van der Waals surface area contributed by atoms with Crippen LogP contribution in [-0.4, -0.2) is 46.6 Å². The lowest BCUT2D eigenvalue weighted by molar-refractivity contribution is -0.133. The smallest absolute Gasteiger partial charge is 0.327 e. The van der Waals surface area contributed by atoms with Crippen LogP contribution in [0.2, 0.25) is 0 Å². The lowest BCUT2D eigenvalue weighted by atomic mass is 10.2. The van der Waals surface area contributed by atoms with Crippen molar-refractivity contribution in [3.05, 3.63) is 17.5 Å². The van der Waals surface area contributed by atoms with Crippen molar-refractivity contribution in [2.75, 3.05) is 13.6 Å². The van der Waals surface area contributed by atoms with Gasteiger partial charge in [0.05, 0.1) is 6.54 Å². The first kappa shape index (κ1) is 12.4. The third-order valence-corrected chi connectivity index (χ3v) is 2.91. The van der Waals surface area contributed by atoms with Crippen molar-refractivity contribution in [1.82, 2.24) is 19.3 Å². The Balaban J connectivity index is 2.55. The predicted molar refractivity (Wildman–Crippen MR) is 62.8 cm³/mol. The third kappa shape index (κ3) is 1.93. The summed E-state index contributed by atoms with van der Waals surface area (Å²) in [5.41, 5.74) is 0.502. The topological polar surface area (TPSA) is 52.2 Å². The number of hydrogen-bond donors (Lipinski definition) is 0. The number of likely N-dealkylation sites (N-methyl/N-ethyl adjacent to an activating group) is 1. The lowest BCUT2D eigenvalue weighted by Gasteiger charge is -2.19. The molecule has 1 amide bonds. The number of alkyl halides is 2. The first-order valence-electron chi connectivity index (χ1n) is 5.36. The van der Waals surface area contributed by atoms with Gasteiger partial charge in [0.2, 0.25) is 5.91 Å². The predicted octanol–water partition coefficient (Wildman–Crippen LogP) is 0.0237. The number of hydrogen-bond acceptors (Lipinski definition) is 2. The molecule has 96 valence electrons. The number of aromatic nitrogens is 2. The number of fused-ring (bicyclic) bond motifs is 1. The SMILES string of the molecule is C=[N+]=C(C)c1cc2n(n1)CC(=O)N(C)CC2(F)F. The number of halogens is 2. The van der Waals surface area contributed by atoms with Crippen molar-refractivity contribution in [1.29, 1.82) is 0 Å². The average molecular weight is 255 g/mol. The molecule has 0 radical (unpaired) electrons. The van der Waals surface area contributed by atoms with E-state index in [1.54, 1.807) is 6.92 Å². The van der Waals surface area contributed by atoms with E-state index in [0.29, 0.717) is 11.4 Å². The standard InChI is InChI=1S/C11H13F2N4O/c1-7(14-2)8-4-9-11(12,13)6-16(3)10(18)5-17(9)15-8/h4H,2,5-6H2,1,3H3/q+1. The molecule has 0 bridgehead atoms. The second-order valence-corrected chi connectivity index (χ2v) is 4.27. The fraction of sp³-hybridized carbons (Fsp3) is 0.455. The minimum atomic E-state index is -3.12. The molecule has 0 saturated heterocycles. The second kappa shape index (κ2) is 4.03. The molecular weight excluding hydrogens is 242 g/mol. The van der Waals surface area contributed by atoms with Gasteiger partial charge in [0.1, 0.15) is 12.2 Å². The number of nitrogens with zero attached hydrogens (tertiary/aromatic N) is 4. The zero-order valence-corrected chi connectivity index (χ0v) is 10.2. The van der Waals surface area contributed by atoms with E-state index in [0.717, 1.165) is 9.58 Å². The molecule has 0 N–H and O–H groups in total. The van der Waals surface area contributed by atoms with Crippen molar-refractivity contribution < 1.29 is 13.6 Å². The van der Waals surface area contributed by atoms with E-state index >= 15 is 0 Å². The van der Waals surface area contributed by atoms with Crippen LogP contribution >= 0.6 is 0 Å². The molecule has 1 aromatic rings. The highest BCUT2D eigenvalue weighted by Crippen LogP contribution is 2.31. The van der Waals surface area contributed by atoms with Gasteiger partial charge in [-0.05, 0) is 0 Å². The summed E-state index contributed by atoms with van der Waals surface area (Å²) in [6.07, 6.45) is 0. The van der Waals surface area contributed by atoms with E-state index in [1.807, 2.05) is 0 Å². The fourth-order valence-electron chi connectivity index (χ4n) is 1.81. The molecule has 2 rings (SSSR count). The summed E-state index contributed by atoms with van der Waals surface area (Å²) < 4.78 is 32.6. The maximum atomic E-state index is 14.0. The lowest BCUT2D eigenvalue weighted by Crippen LogP contribution is -2.34. The van der Waals surface area contributed by atoms with E-state index in [9.17, 15) is 13.6 Å². The highest BCUT2D eigenvalue weighted by atomic mass is 19.3. The van der Waals surface area contributed by atoms with E-state index in [4.69, 9.17) is 0 Å². The number of carbonyl (C=O) groups is 1.